The number of benzene rings is 1. The molecule has 0 unspecified atom stereocenters. The van der Waals surface area contributed by atoms with Crippen molar-refractivity contribution in [3.05, 3.63) is 29.8 Å². The molecule has 1 saturated heterocycles. The Morgan fingerprint density at radius 2 is 2.04 bits per heavy atom. The third-order valence-corrected chi connectivity index (χ3v) is 5.14. The maximum Gasteiger partial charge on any atom is 0.240 e. The summed E-state index contributed by atoms with van der Waals surface area (Å²) in [5.74, 6) is 0.774. The van der Waals surface area contributed by atoms with E-state index in [1.165, 1.54) is 7.05 Å². The van der Waals surface area contributed by atoms with Crippen LogP contribution in [0.2, 0.25) is 0 Å². The van der Waals surface area contributed by atoms with E-state index < -0.39 is 10.0 Å². The summed E-state index contributed by atoms with van der Waals surface area (Å²) in [5.41, 5.74) is 0.926. The number of halogens is 1. The summed E-state index contributed by atoms with van der Waals surface area (Å²) in [6, 6.07) is 6.67. The van der Waals surface area contributed by atoms with Gasteiger partial charge in [0, 0.05) is 19.6 Å². The Balaban J connectivity index is 0.00000288. The number of nitrogens with one attached hydrogen (secondary N) is 2. The SMILES string of the molecule is CCNC(=NCc1ccc(S(=O)(=O)NC)cc1)N1CC[C@@H](O)C1.I. The van der Waals surface area contributed by atoms with E-state index in [1.807, 2.05) is 11.8 Å². The van der Waals surface area contributed by atoms with Crippen LogP contribution in [-0.4, -0.2) is 57.2 Å². The van der Waals surface area contributed by atoms with Crippen LogP contribution >= 0.6 is 24.0 Å². The first-order valence-electron chi connectivity index (χ1n) is 7.70. The van der Waals surface area contributed by atoms with Gasteiger partial charge in [0.25, 0.3) is 0 Å². The minimum atomic E-state index is -3.41. The van der Waals surface area contributed by atoms with E-state index in [2.05, 4.69) is 15.0 Å². The van der Waals surface area contributed by atoms with E-state index in [-0.39, 0.29) is 35.0 Å². The van der Waals surface area contributed by atoms with Crippen molar-refractivity contribution in [2.24, 2.45) is 4.99 Å². The zero-order chi connectivity index (χ0) is 16.9. The Kier molecular flexibility index (Phi) is 8.40. The topological polar surface area (TPSA) is 94.0 Å². The lowest BCUT2D eigenvalue weighted by atomic mass is 10.2. The average molecular weight is 468 g/mol. The van der Waals surface area contributed by atoms with Crippen LogP contribution in [-0.2, 0) is 16.6 Å². The molecule has 0 spiro atoms. The van der Waals surface area contributed by atoms with Crippen molar-refractivity contribution in [3.8, 4) is 0 Å². The second-order valence-corrected chi connectivity index (χ2v) is 7.30. The van der Waals surface area contributed by atoms with Gasteiger partial charge in [0.2, 0.25) is 10.0 Å². The lowest BCUT2D eigenvalue weighted by molar-refractivity contribution is 0.188. The first kappa shape index (κ1) is 21.1. The van der Waals surface area contributed by atoms with Crippen LogP contribution in [0.15, 0.2) is 34.2 Å². The smallest absolute Gasteiger partial charge is 0.240 e. The van der Waals surface area contributed by atoms with Crippen LogP contribution in [0.3, 0.4) is 0 Å². The third kappa shape index (κ3) is 5.57. The minimum absolute atomic E-state index is 0. The fourth-order valence-electron chi connectivity index (χ4n) is 2.42. The molecule has 1 fully saturated rings. The zero-order valence-corrected chi connectivity index (χ0v) is 17.0. The standard InChI is InChI=1S/C15H24N4O3S.HI/c1-3-17-15(19-9-8-13(20)11-19)18-10-12-4-6-14(7-5-12)23(21,22)16-2;/h4-7,13,16,20H,3,8-11H2,1-2H3,(H,17,18);1H/t13-;/m1./s1. The number of aliphatic hydroxyl groups is 1. The molecule has 9 heteroatoms. The summed E-state index contributed by atoms with van der Waals surface area (Å²) < 4.78 is 25.7. The Morgan fingerprint density at radius 1 is 1.38 bits per heavy atom. The van der Waals surface area contributed by atoms with E-state index >= 15 is 0 Å². The molecule has 24 heavy (non-hydrogen) atoms. The highest BCUT2D eigenvalue weighted by Gasteiger charge is 2.22. The lowest BCUT2D eigenvalue weighted by Gasteiger charge is -2.20. The number of rotatable bonds is 5. The molecule has 0 saturated carbocycles. The van der Waals surface area contributed by atoms with Gasteiger partial charge in [-0.15, -0.1) is 24.0 Å². The predicted octanol–water partition coefficient (Wildman–Crippen LogP) is 0.745. The van der Waals surface area contributed by atoms with Crippen LogP contribution in [0.1, 0.15) is 18.9 Å². The number of nitrogens with zero attached hydrogens (tertiary/aromatic N) is 2. The molecule has 1 aromatic carbocycles. The molecular weight excluding hydrogens is 443 g/mol. The molecule has 1 heterocycles. The van der Waals surface area contributed by atoms with Crippen molar-refractivity contribution in [2.45, 2.75) is 30.9 Å². The molecule has 136 valence electrons. The highest BCUT2D eigenvalue weighted by atomic mass is 127. The summed E-state index contributed by atoms with van der Waals surface area (Å²) in [6.45, 7) is 4.58. The van der Waals surface area contributed by atoms with Gasteiger partial charge in [-0.2, -0.15) is 0 Å². The number of sulfonamides is 1. The molecule has 7 nitrogen and oxygen atoms in total. The normalized spacial score (nSPS) is 18.4. The Hall–Kier alpha value is -0.910. The Morgan fingerprint density at radius 3 is 2.54 bits per heavy atom. The van der Waals surface area contributed by atoms with E-state index in [0.717, 1.165) is 31.0 Å². The van der Waals surface area contributed by atoms with Crippen molar-refractivity contribution < 1.29 is 13.5 Å². The van der Waals surface area contributed by atoms with Crippen molar-refractivity contribution in [3.63, 3.8) is 0 Å². The van der Waals surface area contributed by atoms with Crippen LogP contribution in [0.25, 0.3) is 0 Å². The highest BCUT2D eigenvalue weighted by Crippen LogP contribution is 2.12. The van der Waals surface area contributed by atoms with Crippen molar-refractivity contribution >= 4 is 40.0 Å². The highest BCUT2D eigenvalue weighted by molar-refractivity contribution is 14.0. The predicted molar refractivity (Wildman–Crippen MR) is 105 cm³/mol. The quantitative estimate of drug-likeness (QED) is 0.337. The van der Waals surface area contributed by atoms with E-state index in [1.54, 1.807) is 24.3 Å². The van der Waals surface area contributed by atoms with E-state index in [4.69, 9.17) is 0 Å². The fourth-order valence-corrected chi connectivity index (χ4v) is 3.15. The molecule has 1 aliphatic heterocycles. The molecule has 0 aliphatic carbocycles. The van der Waals surface area contributed by atoms with Gasteiger partial charge in [-0.05, 0) is 38.1 Å². The monoisotopic (exact) mass is 468 g/mol. The van der Waals surface area contributed by atoms with Crippen molar-refractivity contribution in [1.82, 2.24) is 14.9 Å². The van der Waals surface area contributed by atoms with Crippen LogP contribution in [0.5, 0.6) is 0 Å². The van der Waals surface area contributed by atoms with Gasteiger partial charge >= 0.3 is 0 Å². The summed E-state index contributed by atoms with van der Waals surface area (Å²) in [6.07, 6.45) is 0.450. The number of β-amino-alcohol motifs (C(OH)–C–C–N with tert-alkyl or cyclic N) is 1. The van der Waals surface area contributed by atoms with Gasteiger partial charge in [0.1, 0.15) is 0 Å². The van der Waals surface area contributed by atoms with Crippen molar-refractivity contribution in [1.29, 1.82) is 0 Å². The van der Waals surface area contributed by atoms with Crippen LogP contribution < -0.4 is 10.0 Å². The number of guanidine groups is 1. The maximum absolute atomic E-state index is 11.7. The molecule has 0 aromatic heterocycles. The second-order valence-electron chi connectivity index (χ2n) is 5.41. The second kappa shape index (κ2) is 9.54. The maximum atomic E-state index is 11.7. The number of aliphatic imine (C=N–C) groups is 1. The molecular formula is C15H25IN4O3S. The fraction of sp³-hybridized carbons (Fsp3) is 0.533. The number of likely N-dealkylation sites (tertiary alicyclic amines) is 1. The third-order valence-electron chi connectivity index (χ3n) is 3.71. The van der Waals surface area contributed by atoms with Crippen LogP contribution in [0, 0.1) is 0 Å². The Labute approximate surface area is 160 Å². The Bertz CT molecular complexity index is 649. The van der Waals surface area contributed by atoms with E-state index in [9.17, 15) is 13.5 Å². The van der Waals surface area contributed by atoms with Crippen LogP contribution in [0.4, 0.5) is 0 Å². The molecule has 0 amide bonds. The number of hydrogen-bond acceptors (Lipinski definition) is 4. The van der Waals surface area contributed by atoms with Gasteiger partial charge in [-0.1, -0.05) is 12.1 Å². The largest absolute Gasteiger partial charge is 0.391 e. The molecule has 0 radical (unpaired) electrons. The van der Waals surface area contributed by atoms with Gasteiger partial charge in [0.15, 0.2) is 5.96 Å². The number of hydrogen-bond donors (Lipinski definition) is 3. The first-order chi connectivity index (χ1) is 11.0. The van der Waals surface area contributed by atoms with Gasteiger partial charge in [-0.25, -0.2) is 18.1 Å². The molecule has 3 N–H and O–H groups in total. The van der Waals surface area contributed by atoms with Gasteiger partial charge < -0.3 is 15.3 Å². The molecule has 1 atom stereocenters. The molecule has 1 aliphatic rings. The molecule has 2 rings (SSSR count). The minimum Gasteiger partial charge on any atom is -0.391 e. The van der Waals surface area contributed by atoms with Gasteiger partial charge in [0.05, 0.1) is 17.5 Å². The summed E-state index contributed by atoms with van der Waals surface area (Å²) >= 11 is 0. The van der Waals surface area contributed by atoms with Crippen molar-refractivity contribution in [2.75, 3.05) is 26.7 Å². The average Bonchev–Trinajstić information content (AvgIpc) is 2.98. The summed E-state index contributed by atoms with van der Waals surface area (Å²) in [7, 11) is -2.02. The summed E-state index contributed by atoms with van der Waals surface area (Å²) in [5, 5.41) is 12.9. The van der Waals surface area contributed by atoms with Gasteiger partial charge in [-0.3, -0.25) is 0 Å². The summed E-state index contributed by atoms with van der Waals surface area (Å²) in [4.78, 5) is 6.84. The number of aliphatic hydroxyl groups excluding tert-OH is 1. The first-order valence-corrected chi connectivity index (χ1v) is 9.18. The zero-order valence-electron chi connectivity index (χ0n) is 13.9. The van der Waals surface area contributed by atoms with E-state index in [0.29, 0.717) is 13.1 Å². The molecule has 1 aromatic rings. The molecule has 0 bridgehead atoms. The lowest BCUT2D eigenvalue weighted by Crippen LogP contribution is -2.40.